The molecule has 1 atom stereocenters. The Kier molecular flexibility index (Phi) is 7.43. The van der Waals surface area contributed by atoms with Gasteiger partial charge in [-0.1, -0.05) is 24.3 Å². The zero-order chi connectivity index (χ0) is 19.6. The lowest BCUT2D eigenvalue weighted by atomic mass is 10.2. The van der Waals surface area contributed by atoms with Crippen LogP contribution in [-0.4, -0.2) is 32.1 Å². The standard InChI is InChI=1S/C21H24N2O4/c1-15(21(25)22-14-17-5-4-6-19(13-17)27-3)23-20(24)12-9-16-7-10-18(26-2)11-8-16/h4-13,15H,14H2,1-3H3,(H,22,25)(H,23,24). The van der Waals surface area contributed by atoms with E-state index in [9.17, 15) is 9.59 Å². The van der Waals surface area contributed by atoms with Gasteiger partial charge in [-0.25, -0.2) is 0 Å². The highest BCUT2D eigenvalue weighted by atomic mass is 16.5. The minimum absolute atomic E-state index is 0.260. The van der Waals surface area contributed by atoms with Gasteiger partial charge in [-0.3, -0.25) is 9.59 Å². The Balaban J connectivity index is 1.81. The van der Waals surface area contributed by atoms with E-state index in [-0.39, 0.29) is 11.8 Å². The summed E-state index contributed by atoms with van der Waals surface area (Å²) in [6.07, 6.45) is 3.07. The van der Waals surface area contributed by atoms with Crippen molar-refractivity contribution in [1.29, 1.82) is 0 Å². The van der Waals surface area contributed by atoms with E-state index in [1.54, 1.807) is 27.2 Å². The average molecular weight is 368 g/mol. The molecule has 0 radical (unpaired) electrons. The van der Waals surface area contributed by atoms with Crippen molar-refractivity contribution in [1.82, 2.24) is 10.6 Å². The van der Waals surface area contributed by atoms with E-state index in [0.29, 0.717) is 6.54 Å². The first-order chi connectivity index (χ1) is 13.0. The number of hydrogen-bond donors (Lipinski definition) is 2. The van der Waals surface area contributed by atoms with Gasteiger partial charge in [0.15, 0.2) is 0 Å². The SMILES string of the molecule is COc1ccc(C=CC(=O)NC(C)C(=O)NCc2cccc(OC)c2)cc1. The molecule has 2 aromatic carbocycles. The smallest absolute Gasteiger partial charge is 0.244 e. The Morgan fingerprint density at radius 1 is 1.04 bits per heavy atom. The highest BCUT2D eigenvalue weighted by Gasteiger charge is 2.13. The number of ether oxygens (including phenoxy) is 2. The number of carbonyl (C=O) groups is 2. The lowest BCUT2D eigenvalue weighted by Gasteiger charge is -2.13. The Bertz CT molecular complexity index is 800. The van der Waals surface area contributed by atoms with Crippen molar-refractivity contribution >= 4 is 17.9 Å². The molecule has 2 N–H and O–H groups in total. The molecule has 0 aliphatic heterocycles. The van der Waals surface area contributed by atoms with Crippen molar-refractivity contribution in [3.05, 3.63) is 65.7 Å². The Morgan fingerprint density at radius 2 is 1.74 bits per heavy atom. The molecule has 0 aliphatic carbocycles. The highest BCUT2D eigenvalue weighted by Crippen LogP contribution is 2.13. The Hall–Kier alpha value is -3.28. The number of amides is 2. The van der Waals surface area contributed by atoms with Gasteiger partial charge in [0, 0.05) is 12.6 Å². The third-order valence-corrected chi connectivity index (χ3v) is 3.90. The highest BCUT2D eigenvalue weighted by molar-refractivity contribution is 5.95. The second-order valence-electron chi connectivity index (χ2n) is 5.91. The maximum absolute atomic E-state index is 12.2. The molecule has 0 saturated heterocycles. The van der Waals surface area contributed by atoms with E-state index < -0.39 is 6.04 Å². The second kappa shape index (κ2) is 10.0. The molecule has 27 heavy (non-hydrogen) atoms. The van der Waals surface area contributed by atoms with Gasteiger partial charge in [-0.2, -0.15) is 0 Å². The predicted molar refractivity (Wildman–Crippen MR) is 104 cm³/mol. The second-order valence-corrected chi connectivity index (χ2v) is 5.91. The number of nitrogens with one attached hydrogen (secondary N) is 2. The van der Waals surface area contributed by atoms with E-state index in [1.165, 1.54) is 6.08 Å². The van der Waals surface area contributed by atoms with Gasteiger partial charge in [0.05, 0.1) is 14.2 Å². The van der Waals surface area contributed by atoms with E-state index in [4.69, 9.17) is 9.47 Å². The summed E-state index contributed by atoms with van der Waals surface area (Å²) in [6.45, 7) is 2.00. The van der Waals surface area contributed by atoms with E-state index in [0.717, 1.165) is 22.6 Å². The number of benzene rings is 2. The first kappa shape index (κ1) is 20.0. The third kappa shape index (κ3) is 6.51. The Morgan fingerprint density at radius 3 is 2.41 bits per heavy atom. The van der Waals surface area contributed by atoms with Crippen molar-refractivity contribution in [3.63, 3.8) is 0 Å². The summed E-state index contributed by atoms with van der Waals surface area (Å²) >= 11 is 0. The maximum atomic E-state index is 12.2. The molecule has 0 aliphatic rings. The van der Waals surface area contributed by atoms with Crippen LogP contribution in [-0.2, 0) is 16.1 Å². The van der Waals surface area contributed by atoms with Crippen LogP contribution in [0.4, 0.5) is 0 Å². The van der Waals surface area contributed by atoms with Crippen LogP contribution in [0.5, 0.6) is 11.5 Å². The van der Waals surface area contributed by atoms with Crippen LogP contribution in [0.25, 0.3) is 6.08 Å². The predicted octanol–water partition coefficient (Wildman–Crippen LogP) is 2.54. The largest absolute Gasteiger partial charge is 0.497 e. The van der Waals surface area contributed by atoms with Gasteiger partial charge in [-0.15, -0.1) is 0 Å². The minimum atomic E-state index is -0.649. The molecule has 6 nitrogen and oxygen atoms in total. The van der Waals surface area contributed by atoms with Crippen LogP contribution in [0.2, 0.25) is 0 Å². The van der Waals surface area contributed by atoms with Crippen LogP contribution >= 0.6 is 0 Å². The summed E-state index contributed by atoms with van der Waals surface area (Å²) in [4.78, 5) is 24.1. The number of carbonyl (C=O) groups excluding carboxylic acids is 2. The third-order valence-electron chi connectivity index (χ3n) is 3.90. The molecule has 0 saturated carbocycles. The minimum Gasteiger partial charge on any atom is -0.497 e. The number of hydrogen-bond acceptors (Lipinski definition) is 4. The first-order valence-corrected chi connectivity index (χ1v) is 8.55. The Labute approximate surface area is 159 Å². The van der Waals surface area contributed by atoms with Crippen molar-refractivity contribution in [3.8, 4) is 11.5 Å². The molecule has 0 heterocycles. The molecule has 142 valence electrons. The molecule has 0 fully saturated rings. The van der Waals surface area contributed by atoms with E-state index in [1.807, 2.05) is 48.5 Å². The summed E-state index contributed by atoms with van der Waals surface area (Å²) in [6, 6.07) is 14.1. The fourth-order valence-electron chi connectivity index (χ4n) is 2.34. The molecule has 0 aromatic heterocycles. The molecule has 1 unspecified atom stereocenters. The quantitative estimate of drug-likeness (QED) is 0.702. The monoisotopic (exact) mass is 368 g/mol. The zero-order valence-electron chi connectivity index (χ0n) is 15.7. The lowest BCUT2D eigenvalue weighted by molar-refractivity contribution is -0.126. The van der Waals surface area contributed by atoms with Crippen molar-refractivity contribution in [2.24, 2.45) is 0 Å². The van der Waals surface area contributed by atoms with Gasteiger partial charge in [0.2, 0.25) is 11.8 Å². The molecule has 2 amide bonds. The van der Waals surface area contributed by atoms with E-state index in [2.05, 4.69) is 10.6 Å². The fraction of sp³-hybridized carbons (Fsp3) is 0.238. The van der Waals surface area contributed by atoms with E-state index >= 15 is 0 Å². The molecule has 6 heteroatoms. The van der Waals surface area contributed by atoms with Crippen LogP contribution < -0.4 is 20.1 Å². The van der Waals surface area contributed by atoms with Gasteiger partial charge in [0.25, 0.3) is 0 Å². The van der Waals surface area contributed by atoms with Crippen LogP contribution in [0.15, 0.2) is 54.6 Å². The molecule has 0 bridgehead atoms. The fourth-order valence-corrected chi connectivity index (χ4v) is 2.34. The maximum Gasteiger partial charge on any atom is 0.244 e. The van der Waals surface area contributed by atoms with Crippen LogP contribution in [0, 0.1) is 0 Å². The van der Waals surface area contributed by atoms with Crippen LogP contribution in [0.1, 0.15) is 18.1 Å². The number of methoxy groups -OCH3 is 2. The van der Waals surface area contributed by atoms with Crippen molar-refractivity contribution < 1.29 is 19.1 Å². The van der Waals surface area contributed by atoms with Gasteiger partial charge >= 0.3 is 0 Å². The van der Waals surface area contributed by atoms with Crippen molar-refractivity contribution in [2.75, 3.05) is 14.2 Å². The lowest BCUT2D eigenvalue weighted by Crippen LogP contribution is -2.44. The first-order valence-electron chi connectivity index (χ1n) is 8.55. The summed E-state index contributed by atoms with van der Waals surface area (Å²) in [7, 11) is 3.19. The summed E-state index contributed by atoms with van der Waals surface area (Å²) in [5, 5.41) is 5.44. The molecule has 2 rings (SSSR count). The summed E-state index contributed by atoms with van der Waals surface area (Å²) < 4.78 is 10.2. The summed E-state index contributed by atoms with van der Waals surface area (Å²) in [5.41, 5.74) is 1.78. The molecule has 2 aromatic rings. The molecular weight excluding hydrogens is 344 g/mol. The number of rotatable bonds is 8. The van der Waals surface area contributed by atoms with Gasteiger partial charge in [0.1, 0.15) is 17.5 Å². The zero-order valence-corrected chi connectivity index (χ0v) is 15.7. The topological polar surface area (TPSA) is 76.7 Å². The van der Waals surface area contributed by atoms with Crippen LogP contribution in [0.3, 0.4) is 0 Å². The van der Waals surface area contributed by atoms with Gasteiger partial charge in [-0.05, 0) is 48.4 Å². The molecular formula is C21H24N2O4. The molecule has 0 spiro atoms. The van der Waals surface area contributed by atoms with Gasteiger partial charge < -0.3 is 20.1 Å². The average Bonchev–Trinajstić information content (AvgIpc) is 2.70. The normalized spacial score (nSPS) is 11.7. The van der Waals surface area contributed by atoms with Crippen molar-refractivity contribution in [2.45, 2.75) is 19.5 Å². The summed E-state index contributed by atoms with van der Waals surface area (Å²) in [5.74, 6) is 0.878.